The van der Waals surface area contributed by atoms with Crippen LogP contribution in [0.5, 0.6) is 0 Å². The summed E-state index contributed by atoms with van der Waals surface area (Å²) in [5, 5.41) is 8.98. The van der Waals surface area contributed by atoms with Gasteiger partial charge in [0.2, 0.25) is 11.8 Å². The van der Waals surface area contributed by atoms with Crippen LogP contribution < -0.4 is 4.90 Å². The van der Waals surface area contributed by atoms with Crippen molar-refractivity contribution in [1.29, 1.82) is 5.26 Å². The number of anilines is 1. The van der Waals surface area contributed by atoms with Gasteiger partial charge in [0.25, 0.3) is 0 Å². The summed E-state index contributed by atoms with van der Waals surface area (Å²) in [7, 11) is 0. The molecule has 2 amide bonds. The molecular formula is C11H7ClN2O2S. The van der Waals surface area contributed by atoms with E-state index in [4.69, 9.17) is 16.9 Å². The van der Waals surface area contributed by atoms with E-state index < -0.39 is 0 Å². The van der Waals surface area contributed by atoms with Crippen molar-refractivity contribution >= 4 is 40.9 Å². The van der Waals surface area contributed by atoms with Crippen LogP contribution in [0.2, 0.25) is 5.02 Å². The van der Waals surface area contributed by atoms with Crippen LogP contribution in [0, 0.1) is 11.3 Å². The van der Waals surface area contributed by atoms with Gasteiger partial charge in [-0.05, 0) is 18.2 Å². The average Bonchev–Trinajstić information content (AvgIpc) is 2.29. The molecule has 1 aliphatic heterocycles. The van der Waals surface area contributed by atoms with Crippen LogP contribution >= 0.6 is 23.4 Å². The molecule has 1 aliphatic rings. The first-order chi connectivity index (χ1) is 8.13. The number of thioether (sulfide) groups is 1. The Balaban J connectivity index is 2.40. The summed E-state index contributed by atoms with van der Waals surface area (Å²) in [6, 6.07) is 6.44. The van der Waals surface area contributed by atoms with Gasteiger partial charge in [0, 0.05) is 0 Å². The second-order valence-corrected chi connectivity index (χ2v) is 4.78. The molecule has 0 N–H and O–H groups in total. The summed E-state index contributed by atoms with van der Waals surface area (Å²) in [5.41, 5.74) is 0.742. The predicted octanol–water partition coefficient (Wildman–Crippen LogP) is 1.82. The van der Waals surface area contributed by atoms with Gasteiger partial charge in [-0.2, -0.15) is 5.26 Å². The van der Waals surface area contributed by atoms with Gasteiger partial charge in [-0.1, -0.05) is 11.6 Å². The first kappa shape index (κ1) is 12.0. The zero-order valence-electron chi connectivity index (χ0n) is 8.64. The van der Waals surface area contributed by atoms with Crippen molar-refractivity contribution in [1.82, 2.24) is 0 Å². The molecule has 1 fully saturated rings. The molecule has 2 rings (SSSR count). The van der Waals surface area contributed by atoms with Crippen LogP contribution in [-0.4, -0.2) is 23.3 Å². The van der Waals surface area contributed by atoms with Crippen LogP contribution in [0.4, 0.5) is 5.69 Å². The predicted molar refractivity (Wildman–Crippen MR) is 66.0 cm³/mol. The lowest BCUT2D eigenvalue weighted by Crippen LogP contribution is -2.43. The number of hydrogen-bond donors (Lipinski definition) is 0. The third kappa shape index (κ3) is 2.28. The summed E-state index contributed by atoms with van der Waals surface area (Å²) < 4.78 is 0. The number of hydrogen-bond acceptors (Lipinski definition) is 4. The van der Waals surface area contributed by atoms with Crippen LogP contribution in [0.1, 0.15) is 5.56 Å². The normalized spacial score (nSPS) is 15.9. The van der Waals surface area contributed by atoms with Crippen LogP contribution in [0.3, 0.4) is 0 Å². The van der Waals surface area contributed by atoms with Crippen molar-refractivity contribution in [3.05, 3.63) is 28.8 Å². The minimum absolute atomic E-state index is 0.240. The summed E-state index contributed by atoms with van der Waals surface area (Å²) >= 11 is 7.16. The molecule has 4 nitrogen and oxygen atoms in total. The fraction of sp³-hybridized carbons (Fsp3) is 0.182. The Morgan fingerprint density at radius 1 is 1.29 bits per heavy atom. The maximum absolute atomic E-state index is 11.6. The largest absolute Gasteiger partial charge is 0.273 e. The van der Waals surface area contributed by atoms with Crippen molar-refractivity contribution in [3.8, 4) is 6.07 Å². The van der Waals surface area contributed by atoms with Crippen molar-refractivity contribution in [3.63, 3.8) is 0 Å². The minimum atomic E-state index is -0.257. The van der Waals surface area contributed by atoms with E-state index in [1.54, 1.807) is 6.07 Å². The Morgan fingerprint density at radius 3 is 2.47 bits per heavy atom. The number of imide groups is 1. The third-order valence-corrected chi connectivity index (χ3v) is 3.50. The molecule has 0 atom stereocenters. The SMILES string of the molecule is N#Cc1ccc(N2C(=O)CSCC2=O)cc1Cl. The first-order valence-electron chi connectivity index (χ1n) is 4.76. The van der Waals surface area contributed by atoms with E-state index in [0.29, 0.717) is 11.3 Å². The average molecular weight is 267 g/mol. The zero-order valence-corrected chi connectivity index (χ0v) is 10.2. The summed E-state index contributed by atoms with van der Waals surface area (Å²) in [6.07, 6.45) is 0. The molecule has 86 valence electrons. The number of carbonyl (C=O) groups excluding carboxylic acids is 2. The van der Waals surface area contributed by atoms with Crippen molar-refractivity contribution in [2.24, 2.45) is 0 Å². The molecule has 1 saturated heterocycles. The highest BCUT2D eigenvalue weighted by molar-refractivity contribution is 8.00. The Hall–Kier alpha value is -1.51. The highest BCUT2D eigenvalue weighted by atomic mass is 35.5. The molecule has 0 saturated carbocycles. The summed E-state index contributed by atoms with van der Waals surface area (Å²) in [4.78, 5) is 24.4. The van der Waals surface area contributed by atoms with Crippen LogP contribution in [0.25, 0.3) is 0 Å². The highest BCUT2D eigenvalue weighted by Gasteiger charge is 2.28. The van der Waals surface area contributed by atoms with E-state index in [1.807, 2.05) is 6.07 Å². The topological polar surface area (TPSA) is 61.2 Å². The molecule has 0 bridgehead atoms. The fourth-order valence-electron chi connectivity index (χ4n) is 1.52. The number of carbonyl (C=O) groups is 2. The molecule has 1 heterocycles. The molecule has 0 aliphatic carbocycles. The van der Waals surface area contributed by atoms with E-state index in [9.17, 15) is 9.59 Å². The lowest BCUT2D eigenvalue weighted by Gasteiger charge is -2.24. The second kappa shape index (κ2) is 4.78. The Morgan fingerprint density at radius 2 is 1.94 bits per heavy atom. The zero-order chi connectivity index (χ0) is 12.4. The number of nitrogens with zero attached hydrogens (tertiary/aromatic N) is 2. The van der Waals surface area contributed by atoms with Gasteiger partial charge in [0.15, 0.2) is 0 Å². The second-order valence-electron chi connectivity index (χ2n) is 3.39. The van der Waals surface area contributed by atoms with Gasteiger partial charge >= 0.3 is 0 Å². The lowest BCUT2D eigenvalue weighted by atomic mass is 10.2. The number of nitriles is 1. The van der Waals surface area contributed by atoms with Gasteiger partial charge in [-0.15, -0.1) is 11.8 Å². The van der Waals surface area contributed by atoms with Crippen LogP contribution in [-0.2, 0) is 9.59 Å². The van der Waals surface area contributed by atoms with Gasteiger partial charge in [-0.3, -0.25) is 9.59 Å². The number of halogens is 1. The maximum atomic E-state index is 11.6. The summed E-state index contributed by atoms with van der Waals surface area (Å²) in [6.45, 7) is 0. The first-order valence-corrected chi connectivity index (χ1v) is 6.30. The van der Waals surface area contributed by atoms with E-state index in [0.717, 1.165) is 4.90 Å². The molecule has 6 heteroatoms. The summed E-state index contributed by atoms with van der Waals surface area (Å²) in [5.74, 6) is 0.0475. The Labute approximate surface area is 107 Å². The lowest BCUT2D eigenvalue weighted by molar-refractivity contribution is -0.124. The molecule has 1 aromatic carbocycles. The van der Waals surface area contributed by atoms with Crippen LogP contribution in [0.15, 0.2) is 18.2 Å². The number of amides is 2. The molecule has 0 unspecified atom stereocenters. The molecule has 0 spiro atoms. The Bertz CT molecular complexity index is 523. The smallest absolute Gasteiger partial charge is 0.243 e. The van der Waals surface area contributed by atoms with Crippen molar-refractivity contribution in [2.75, 3.05) is 16.4 Å². The molecule has 1 aromatic rings. The fourth-order valence-corrected chi connectivity index (χ4v) is 2.44. The monoisotopic (exact) mass is 266 g/mol. The minimum Gasteiger partial charge on any atom is -0.273 e. The van der Waals surface area contributed by atoms with Gasteiger partial charge in [-0.25, -0.2) is 4.90 Å². The Kier molecular flexibility index (Phi) is 3.36. The van der Waals surface area contributed by atoms with Gasteiger partial charge in [0.05, 0.1) is 27.8 Å². The van der Waals surface area contributed by atoms with Gasteiger partial charge < -0.3 is 0 Å². The molecule has 0 radical (unpaired) electrons. The third-order valence-electron chi connectivity index (χ3n) is 2.28. The van der Waals surface area contributed by atoms with Crippen molar-refractivity contribution < 1.29 is 9.59 Å². The van der Waals surface area contributed by atoms with E-state index in [-0.39, 0.29) is 28.3 Å². The number of benzene rings is 1. The highest BCUT2D eigenvalue weighted by Crippen LogP contribution is 2.26. The maximum Gasteiger partial charge on any atom is 0.243 e. The quantitative estimate of drug-likeness (QED) is 0.728. The molecule has 0 aromatic heterocycles. The standard InChI is InChI=1S/C11H7ClN2O2S/c12-9-3-8(2-1-7(9)4-13)14-10(15)5-17-6-11(14)16/h1-3H,5-6H2. The molecular weight excluding hydrogens is 260 g/mol. The van der Waals surface area contributed by atoms with Crippen molar-refractivity contribution in [2.45, 2.75) is 0 Å². The number of rotatable bonds is 1. The van der Waals surface area contributed by atoms with Gasteiger partial charge in [0.1, 0.15) is 6.07 Å². The van der Waals surface area contributed by atoms with E-state index >= 15 is 0 Å². The van der Waals surface area contributed by atoms with E-state index in [1.165, 1.54) is 23.9 Å². The molecule has 17 heavy (non-hydrogen) atoms. The van der Waals surface area contributed by atoms with E-state index in [2.05, 4.69) is 0 Å².